The van der Waals surface area contributed by atoms with Gasteiger partial charge in [-0.15, -0.1) is 11.3 Å². The van der Waals surface area contributed by atoms with Crippen LogP contribution in [0.3, 0.4) is 0 Å². The third-order valence-electron chi connectivity index (χ3n) is 3.05. The molecule has 2 rings (SSSR count). The van der Waals surface area contributed by atoms with E-state index in [1.165, 1.54) is 10.4 Å². The Balaban J connectivity index is 1.99. The van der Waals surface area contributed by atoms with E-state index in [4.69, 9.17) is 12.2 Å². The van der Waals surface area contributed by atoms with E-state index in [1.807, 2.05) is 17.8 Å². The molecule has 0 radical (unpaired) electrons. The molecular weight excluding hydrogens is 316 g/mol. The normalized spacial score (nSPS) is 11.9. The Morgan fingerprint density at radius 3 is 2.71 bits per heavy atom. The zero-order valence-electron chi connectivity index (χ0n) is 12.0. The van der Waals surface area contributed by atoms with Gasteiger partial charge in [-0.2, -0.15) is 11.8 Å². The fourth-order valence-corrected chi connectivity index (χ4v) is 3.48. The number of thioether (sulfide) groups is 1. The first-order valence-corrected chi connectivity index (χ1v) is 9.61. The van der Waals surface area contributed by atoms with E-state index in [1.54, 1.807) is 11.3 Å². The van der Waals surface area contributed by atoms with E-state index in [2.05, 4.69) is 58.7 Å². The summed E-state index contributed by atoms with van der Waals surface area (Å²) >= 11 is 9.04. The van der Waals surface area contributed by atoms with Crippen LogP contribution >= 0.6 is 35.3 Å². The lowest BCUT2D eigenvalue weighted by atomic mass is 10.1. The fourth-order valence-electron chi connectivity index (χ4n) is 2.02. The first kappa shape index (κ1) is 16.3. The van der Waals surface area contributed by atoms with E-state index >= 15 is 0 Å². The molecule has 0 aliphatic carbocycles. The summed E-state index contributed by atoms with van der Waals surface area (Å²) in [5.41, 5.74) is 1.23. The number of nitrogens with one attached hydrogen (secondary N) is 2. The Bertz CT molecular complexity index is 526. The second kappa shape index (κ2) is 9.07. The van der Waals surface area contributed by atoms with Crippen LogP contribution in [-0.2, 0) is 0 Å². The molecule has 0 amide bonds. The summed E-state index contributed by atoms with van der Waals surface area (Å²) in [5.74, 6) is 1.16. The lowest BCUT2D eigenvalue weighted by molar-refractivity contribution is 0.741. The molecule has 1 aromatic heterocycles. The van der Waals surface area contributed by atoms with E-state index in [9.17, 15) is 0 Å². The smallest absolute Gasteiger partial charge is 0.167 e. The summed E-state index contributed by atoms with van der Waals surface area (Å²) in [4.78, 5) is 1.27. The number of hydrogen-bond acceptors (Lipinski definition) is 3. The van der Waals surface area contributed by atoms with Gasteiger partial charge in [0, 0.05) is 11.4 Å². The zero-order valence-corrected chi connectivity index (χ0v) is 14.5. The first-order valence-electron chi connectivity index (χ1n) is 6.93. The maximum atomic E-state index is 5.43. The number of rotatable bonds is 7. The van der Waals surface area contributed by atoms with Crippen molar-refractivity contribution >= 4 is 40.4 Å². The highest BCUT2D eigenvalue weighted by atomic mass is 32.2. The summed E-state index contributed by atoms with van der Waals surface area (Å²) < 4.78 is 0. The lowest BCUT2D eigenvalue weighted by Gasteiger charge is -2.20. The molecule has 21 heavy (non-hydrogen) atoms. The average Bonchev–Trinajstić information content (AvgIpc) is 3.04. The molecule has 0 spiro atoms. The van der Waals surface area contributed by atoms with Crippen LogP contribution in [0.15, 0.2) is 47.8 Å². The number of hydrogen-bond donors (Lipinski definition) is 2. The minimum atomic E-state index is 0.117. The summed E-state index contributed by atoms with van der Waals surface area (Å²) in [6.07, 6.45) is 3.25. The Labute approximate surface area is 140 Å². The molecule has 0 saturated heterocycles. The maximum absolute atomic E-state index is 5.43. The molecule has 5 heteroatoms. The third kappa shape index (κ3) is 5.34. The van der Waals surface area contributed by atoms with Crippen molar-refractivity contribution in [1.29, 1.82) is 0 Å². The van der Waals surface area contributed by atoms with Crippen LogP contribution in [0, 0.1) is 0 Å². The second-order valence-electron chi connectivity index (χ2n) is 4.61. The standard InChI is InChI=1S/C16H20N2S3/c1-20-11-6-10-17-16(19)18-15(14-9-5-12-21-14)13-7-3-2-4-8-13/h2-5,7-9,12,15H,6,10-11H2,1H3,(H2,17,18,19)/t15-/m0/s1. The van der Waals surface area contributed by atoms with Gasteiger partial charge in [-0.3, -0.25) is 0 Å². The SMILES string of the molecule is CSCCCNC(=S)N[C@@H](c1ccccc1)c1cccs1. The van der Waals surface area contributed by atoms with Crippen LogP contribution in [0.25, 0.3) is 0 Å². The first-order chi connectivity index (χ1) is 10.3. The van der Waals surface area contributed by atoms with Crippen molar-refractivity contribution in [3.8, 4) is 0 Å². The van der Waals surface area contributed by atoms with E-state index in [-0.39, 0.29) is 6.04 Å². The van der Waals surface area contributed by atoms with Crippen molar-refractivity contribution in [2.75, 3.05) is 18.6 Å². The van der Waals surface area contributed by atoms with Gasteiger partial charge in [-0.25, -0.2) is 0 Å². The van der Waals surface area contributed by atoms with Gasteiger partial charge in [0.2, 0.25) is 0 Å². The zero-order chi connectivity index (χ0) is 14.9. The lowest BCUT2D eigenvalue weighted by Crippen LogP contribution is -2.38. The largest absolute Gasteiger partial charge is 0.363 e. The van der Waals surface area contributed by atoms with Gasteiger partial charge in [0.1, 0.15) is 0 Å². The van der Waals surface area contributed by atoms with Crippen molar-refractivity contribution < 1.29 is 0 Å². The van der Waals surface area contributed by atoms with Gasteiger partial charge in [-0.05, 0) is 47.7 Å². The van der Waals surface area contributed by atoms with Crippen molar-refractivity contribution in [3.05, 3.63) is 58.3 Å². The Morgan fingerprint density at radius 2 is 2.05 bits per heavy atom. The second-order valence-corrected chi connectivity index (χ2v) is 6.98. The van der Waals surface area contributed by atoms with Gasteiger partial charge >= 0.3 is 0 Å². The van der Waals surface area contributed by atoms with E-state index < -0.39 is 0 Å². The monoisotopic (exact) mass is 336 g/mol. The highest BCUT2D eigenvalue weighted by molar-refractivity contribution is 7.98. The summed E-state index contributed by atoms with van der Waals surface area (Å²) in [6, 6.07) is 14.8. The van der Waals surface area contributed by atoms with E-state index in [0.717, 1.165) is 23.8 Å². The predicted molar refractivity (Wildman–Crippen MR) is 99.3 cm³/mol. The highest BCUT2D eigenvalue weighted by Crippen LogP contribution is 2.25. The topological polar surface area (TPSA) is 24.1 Å². The van der Waals surface area contributed by atoms with Crippen LogP contribution in [0.1, 0.15) is 22.9 Å². The third-order valence-corrected chi connectivity index (χ3v) is 4.94. The van der Waals surface area contributed by atoms with Gasteiger partial charge in [0.05, 0.1) is 6.04 Å². The van der Waals surface area contributed by atoms with Crippen molar-refractivity contribution in [2.45, 2.75) is 12.5 Å². The van der Waals surface area contributed by atoms with Crippen molar-refractivity contribution in [2.24, 2.45) is 0 Å². The minimum Gasteiger partial charge on any atom is -0.363 e. The molecule has 2 aromatic rings. The molecular formula is C16H20N2S3. The fraction of sp³-hybridized carbons (Fsp3) is 0.312. The number of thiophene rings is 1. The van der Waals surface area contributed by atoms with Gasteiger partial charge in [0.15, 0.2) is 5.11 Å². The number of thiocarbonyl (C=S) groups is 1. The molecule has 0 unspecified atom stereocenters. The van der Waals surface area contributed by atoms with Crippen LogP contribution in [0.5, 0.6) is 0 Å². The molecule has 0 fully saturated rings. The van der Waals surface area contributed by atoms with Crippen LogP contribution in [-0.4, -0.2) is 23.7 Å². The predicted octanol–water partition coefficient (Wildman–Crippen LogP) is 4.05. The van der Waals surface area contributed by atoms with Crippen LogP contribution < -0.4 is 10.6 Å². The van der Waals surface area contributed by atoms with E-state index in [0.29, 0.717) is 0 Å². The Kier molecular flexibility index (Phi) is 7.06. The van der Waals surface area contributed by atoms with Crippen LogP contribution in [0.4, 0.5) is 0 Å². The Hall–Kier alpha value is -1.04. The summed E-state index contributed by atoms with van der Waals surface area (Å²) in [6.45, 7) is 0.915. The minimum absolute atomic E-state index is 0.117. The van der Waals surface area contributed by atoms with Crippen molar-refractivity contribution in [1.82, 2.24) is 10.6 Å². The molecule has 0 aliphatic rings. The molecule has 2 N–H and O–H groups in total. The Morgan fingerprint density at radius 1 is 1.24 bits per heavy atom. The summed E-state index contributed by atoms with van der Waals surface area (Å²) in [7, 11) is 0. The van der Waals surface area contributed by atoms with Crippen molar-refractivity contribution in [3.63, 3.8) is 0 Å². The molecule has 1 atom stereocenters. The van der Waals surface area contributed by atoms with Gasteiger partial charge < -0.3 is 10.6 Å². The summed E-state index contributed by atoms with van der Waals surface area (Å²) in [5, 5.41) is 9.55. The van der Waals surface area contributed by atoms with Gasteiger partial charge in [0.25, 0.3) is 0 Å². The molecule has 1 aromatic carbocycles. The molecule has 0 aliphatic heterocycles. The van der Waals surface area contributed by atoms with Gasteiger partial charge in [-0.1, -0.05) is 36.4 Å². The molecule has 0 saturated carbocycles. The van der Waals surface area contributed by atoms with Crippen LogP contribution in [0.2, 0.25) is 0 Å². The maximum Gasteiger partial charge on any atom is 0.167 e. The highest BCUT2D eigenvalue weighted by Gasteiger charge is 2.15. The molecule has 1 heterocycles. The molecule has 112 valence electrons. The molecule has 0 bridgehead atoms. The molecule has 2 nitrogen and oxygen atoms in total. The quantitative estimate of drug-likeness (QED) is 0.588. The average molecular weight is 337 g/mol. The number of benzene rings is 1.